The molecule has 2 aromatic carbocycles. The molecule has 0 atom stereocenters. The number of methoxy groups -OCH3 is 1. The van der Waals surface area contributed by atoms with Gasteiger partial charge in [0.15, 0.2) is 0 Å². The molecule has 3 aromatic rings. The molecular formula is C19H15Cl2N3O2. The number of carbonyl (C=O) groups excluding carboxylic acids is 1. The van der Waals surface area contributed by atoms with Gasteiger partial charge >= 0.3 is 0 Å². The van der Waals surface area contributed by atoms with Crippen LogP contribution in [0.25, 0.3) is 0 Å². The molecule has 1 amide bonds. The normalized spacial score (nSPS) is 10.3. The average Bonchev–Trinajstić information content (AvgIpc) is 2.62. The zero-order valence-corrected chi connectivity index (χ0v) is 15.3. The maximum absolute atomic E-state index is 12.4. The number of hydrogen-bond acceptors (Lipinski definition) is 4. The Hall–Kier alpha value is -2.76. The van der Waals surface area contributed by atoms with Gasteiger partial charge in [0.05, 0.1) is 24.6 Å². The van der Waals surface area contributed by atoms with Gasteiger partial charge in [0.25, 0.3) is 5.91 Å². The highest BCUT2D eigenvalue weighted by molar-refractivity contribution is 6.35. The third kappa shape index (κ3) is 4.65. The first-order valence-electron chi connectivity index (χ1n) is 7.67. The van der Waals surface area contributed by atoms with E-state index in [1.165, 1.54) is 6.20 Å². The second kappa shape index (κ2) is 8.08. The fraction of sp³-hybridized carbons (Fsp3) is 0.0526. The molecule has 26 heavy (non-hydrogen) atoms. The second-order valence-corrected chi connectivity index (χ2v) is 6.30. The molecule has 0 spiro atoms. The highest BCUT2D eigenvalue weighted by Crippen LogP contribution is 2.24. The van der Waals surface area contributed by atoms with Crippen molar-refractivity contribution in [1.82, 2.24) is 4.98 Å². The van der Waals surface area contributed by atoms with Crippen molar-refractivity contribution in [2.45, 2.75) is 0 Å². The predicted octanol–water partition coefficient (Wildman–Crippen LogP) is 5.39. The zero-order chi connectivity index (χ0) is 18.5. The third-order valence-corrected chi connectivity index (χ3v) is 3.94. The zero-order valence-electron chi connectivity index (χ0n) is 13.8. The predicted molar refractivity (Wildman–Crippen MR) is 105 cm³/mol. The van der Waals surface area contributed by atoms with Crippen molar-refractivity contribution in [2.75, 3.05) is 17.7 Å². The molecule has 5 nitrogen and oxygen atoms in total. The minimum absolute atomic E-state index is 0.311. The lowest BCUT2D eigenvalue weighted by Gasteiger charge is -2.10. The number of pyridine rings is 1. The molecule has 1 aromatic heterocycles. The number of ether oxygens (including phenoxy) is 1. The van der Waals surface area contributed by atoms with Crippen LogP contribution in [0.1, 0.15) is 10.4 Å². The first kappa shape index (κ1) is 18.0. The van der Waals surface area contributed by atoms with Gasteiger partial charge in [-0.1, -0.05) is 23.2 Å². The SMILES string of the molecule is COc1ccc(Nc2cncc(C(=O)Nc3cc(Cl)cc(Cl)c3)c2)cc1. The summed E-state index contributed by atoms with van der Waals surface area (Å²) in [6.45, 7) is 0. The number of aromatic nitrogens is 1. The topological polar surface area (TPSA) is 63.2 Å². The summed E-state index contributed by atoms with van der Waals surface area (Å²) in [5.74, 6) is 0.455. The van der Waals surface area contributed by atoms with Crippen LogP contribution in [-0.4, -0.2) is 18.0 Å². The highest BCUT2D eigenvalue weighted by Gasteiger charge is 2.09. The summed E-state index contributed by atoms with van der Waals surface area (Å²) < 4.78 is 5.13. The van der Waals surface area contributed by atoms with Gasteiger partial charge in [-0.2, -0.15) is 0 Å². The summed E-state index contributed by atoms with van der Waals surface area (Å²) in [7, 11) is 1.61. The van der Waals surface area contributed by atoms with E-state index in [-0.39, 0.29) is 5.91 Å². The molecule has 0 radical (unpaired) electrons. The molecule has 0 unspecified atom stereocenters. The van der Waals surface area contributed by atoms with Crippen LogP contribution >= 0.6 is 23.2 Å². The van der Waals surface area contributed by atoms with E-state index in [4.69, 9.17) is 27.9 Å². The number of nitrogens with one attached hydrogen (secondary N) is 2. The van der Waals surface area contributed by atoms with Crippen LogP contribution in [0.2, 0.25) is 10.0 Å². The Morgan fingerprint density at radius 1 is 0.923 bits per heavy atom. The maximum atomic E-state index is 12.4. The van der Waals surface area contributed by atoms with E-state index in [1.807, 2.05) is 24.3 Å². The fourth-order valence-corrected chi connectivity index (χ4v) is 2.83. The van der Waals surface area contributed by atoms with Gasteiger partial charge in [0.1, 0.15) is 5.75 Å². The summed E-state index contributed by atoms with van der Waals surface area (Å²) in [4.78, 5) is 16.6. The monoisotopic (exact) mass is 387 g/mol. The quantitative estimate of drug-likeness (QED) is 0.615. The molecule has 132 valence electrons. The third-order valence-electron chi connectivity index (χ3n) is 3.50. The van der Waals surface area contributed by atoms with Gasteiger partial charge < -0.3 is 15.4 Å². The second-order valence-electron chi connectivity index (χ2n) is 5.43. The van der Waals surface area contributed by atoms with Crippen LogP contribution in [0.5, 0.6) is 5.75 Å². The Labute approximate surface area is 160 Å². The summed E-state index contributed by atoms with van der Waals surface area (Å²) >= 11 is 11.9. The van der Waals surface area contributed by atoms with Gasteiger partial charge in [-0.3, -0.25) is 9.78 Å². The van der Waals surface area contributed by atoms with E-state index in [0.29, 0.717) is 27.0 Å². The van der Waals surface area contributed by atoms with Gasteiger partial charge in [-0.05, 0) is 48.5 Å². The van der Waals surface area contributed by atoms with Gasteiger partial charge in [0.2, 0.25) is 0 Å². The molecule has 0 aliphatic heterocycles. The van der Waals surface area contributed by atoms with Crippen molar-refractivity contribution in [3.8, 4) is 5.75 Å². The summed E-state index contributed by atoms with van der Waals surface area (Å²) in [6.07, 6.45) is 3.12. The highest BCUT2D eigenvalue weighted by atomic mass is 35.5. The molecule has 0 saturated heterocycles. The van der Waals surface area contributed by atoms with Crippen LogP contribution < -0.4 is 15.4 Å². The Bertz CT molecular complexity index is 910. The van der Waals surface area contributed by atoms with E-state index in [2.05, 4.69) is 15.6 Å². The standard InChI is InChI=1S/C19H15Cl2N3O2/c1-26-18-4-2-15(3-5-18)23-17-6-12(10-22-11-17)19(25)24-16-8-13(20)7-14(21)9-16/h2-11,23H,1H3,(H,24,25). The molecule has 0 fully saturated rings. The number of hydrogen-bond donors (Lipinski definition) is 2. The number of nitrogens with zero attached hydrogens (tertiary/aromatic N) is 1. The lowest BCUT2D eigenvalue weighted by atomic mass is 10.2. The molecule has 3 rings (SSSR count). The number of rotatable bonds is 5. The molecule has 0 bridgehead atoms. The van der Waals surface area contributed by atoms with Crippen LogP contribution in [0.15, 0.2) is 60.9 Å². The van der Waals surface area contributed by atoms with Crippen molar-refractivity contribution in [1.29, 1.82) is 0 Å². The smallest absolute Gasteiger partial charge is 0.257 e. The number of benzene rings is 2. The van der Waals surface area contributed by atoms with Gasteiger partial charge in [-0.25, -0.2) is 0 Å². The van der Waals surface area contributed by atoms with Crippen LogP contribution in [0.4, 0.5) is 17.1 Å². The summed E-state index contributed by atoms with van der Waals surface area (Å²) in [6, 6.07) is 14.0. The Balaban J connectivity index is 1.74. The summed E-state index contributed by atoms with van der Waals surface area (Å²) in [5.41, 5.74) is 2.46. The van der Waals surface area contributed by atoms with E-state index in [0.717, 1.165) is 11.4 Å². The maximum Gasteiger partial charge on any atom is 0.257 e. The minimum atomic E-state index is -0.311. The van der Waals surface area contributed by atoms with Crippen molar-refractivity contribution in [3.05, 3.63) is 76.5 Å². The average molecular weight is 388 g/mol. The number of anilines is 3. The lowest BCUT2D eigenvalue weighted by molar-refractivity contribution is 0.102. The van der Waals surface area contributed by atoms with Crippen molar-refractivity contribution >= 4 is 46.2 Å². The Morgan fingerprint density at radius 2 is 1.62 bits per heavy atom. The molecular weight excluding hydrogens is 373 g/mol. The number of halogens is 2. The minimum Gasteiger partial charge on any atom is -0.497 e. The Morgan fingerprint density at radius 3 is 2.27 bits per heavy atom. The summed E-state index contributed by atoms with van der Waals surface area (Å²) in [5, 5.41) is 6.84. The van der Waals surface area contributed by atoms with Crippen LogP contribution in [0.3, 0.4) is 0 Å². The van der Waals surface area contributed by atoms with E-state index in [9.17, 15) is 4.79 Å². The van der Waals surface area contributed by atoms with Crippen molar-refractivity contribution < 1.29 is 9.53 Å². The van der Waals surface area contributed by atoms with Crippen molar-refractivity contribution in [3.63, 3.8) is 0 Å². The molecule has 0 aliphatic carbocycles. The Kier molecular flexibility index (Phi) is 5.61. The lowest BCUT2D eigenvalue weighted by Crippen LogP contribution is -2.12. The molecule has 1 heterocycles. The molecule has 0 saturated carbocycles. The molecule has 0 aliphatic rings. The molecule has 2 N–H and O–H groups in total. The van der Waals surface area contributed by atoms with Gasteiger partial charge in [0, 0.05) is 27.6 Å². The number of amides is 1. The molecule has 7 heteroatoms. The van der Waals surface area contributed by atoms with Crippen LogP contribution in [0, 0.1) is 0 Å². The van der Waals surface area contributed by atoms with Crippen molar-refractivity contribution in [2.24, 2.45) is 0 Å². The number of carbonyl (C=O) groups is 1. The van der Waals surface area contributed by atoms with E-state index < -0.39 is 0 Å². The van der Waals surface area contributed by atoms with E-state index >= 15 is 0 Å². The van der Waals surface area contributed by atoms with E-state index in [1.54, 1.807) is 37.6 Å². The fourth-order valence-electron chi connectivity index (χ4n) is 2.30. The van der Waals surface area contributed by atoms with Gasteiger partial charge in [-0.15, -0.1) is 0 Å². The first-order valence-corrected chi connectivity index (χ1v) is 8.42. The largest absolute Gasteiger partial charge is 0.497 e. The van der Waals surface area contributed by atoms with Crippen LogP contribution in [-0.2, 0) is 0 Å². The first-order chi connectivity index (χ1) is 12.5.